The van der Waals surface area contributed by atoms with E-state index in [1.807, 2.05) is 0 Å². The minimum Gasteiger partial charge on any atom is -0.497 e. The van der Waals surface area contributed by atoms with E-state index in [0.717, 1.165) is 16.1 Å². The largest absolute Gasteiger partial charge is 0.497 e. The molecule has 9 nitrogen and oxygen atoms in total. The minimum absolute atomic E-state index is 0.126. The number of ether oxygens (including phenoxy) is 2. The molecule has 0 saturated heterocycles. The Balaban J connectivity index is 2.35. The second-order valence-corrected chi connectivity index (χ2v) is 9.31. The van der Waals surface area contributed by atoms with Crippen molar-refractivity contribution < 1.29 is 27.5 Å². The van der Waals surface area contributed by atoms with Gasteiger partial charge in [-0.3, -0.25) is 13.9 Å². The summed E-state index contributed by atoms with van der Waals surface area (Å²) in [7, 11) is -0.713. The summed E-state index contributed by atoms with van der Waals surface area (Å²) >= 11 is 0. The number of rotatable bonds is 11. The molecular weight excluding hydrogens is 446 g/mol. The van der Waals surface area contributed by atoms with Crippen LogP contribution in [0.25, 0.3) is 0 Å². The number of hydrogen-bond donors (Lipinski definition) is 1. The molecular formula is C23H31N3O6S. The fourth-order valence-corrected chi connectivity index (χ4v) is 4.04. The van der Waals surface area contributed by atoms with E-state index in [4.69, 9.17) is 9.47 Å². The van der Waals surface area contributed by atoms with Crippen LogP contribution in [-0.2, 0) is 26.2 Å². The van der Waals surface area contributed by atoms with E-state index in [1.54, 1.807) is 69.5 Å². The average molecular weight is 478 g/mol. The second kappa shape index (κ2) is 11.6. The number of methoxy groups -OCH3 is 2. The van der Waals surface area contributed by atoms with Crippen molar-refractivity contribution >= 4 is 27.5 Å². The number of hydrogen-bond acceptors (Lipinski definition) is 6. The Morgan fingerprint density at radius 2 is 1.48 bits per heavy atom. The molecule has 1 unspecified atom stereocenters. The van der Waals surface area contributed by atoms with E-state index in [0.29, 0.717) is 23.7 Å². The van der Waals surface area contributed by atoms with E-state index in [-0.39, 0.29) is 12.5 Å². The van der Waals surface area contributed by atoms with Crippen LogP contribution in [0, 0.1) is 0 Å². The van der Waals surface area contributed by atoms with Crippen molar-refractivity contribution in [1.29, 1.82) is 0 Å². The maximum absolute atomic E-state index is 13.4. The zero-order valence-electron chi connectivity index (χ0n) is 19.6. The van der Waals surface area contributed by atoms with Crippen molar-refractivity contribution in [2.75, 3.05) is 37.9 Å². The smallest absolute Gasteiger partial charge is 0.244 e. The van der Waals surface area contributed by atoms with Gasteiger partial charge in [-0.2, -0.15) is 0 Å². The third-order valence-corrected chi connectivity index (χ3v) is 6.21. The van der Waals surface area contributed by atoms with Crippen LogP contribution in [-0.4, -0.2) is 64.7 Å². The molecule has 2 amide bonds. The number of anilines is 1. The van der Waals surface area contributed by atoms with Gasteiger partial charge in [-0.25, -0.2) is 8.42 Å². The fourth-order valence-electron chi connectivity index (χ4n) is 3.19. The predicted molar refractivity (Wildman–Crippen MR) is 127 cm³/mol. The Hall–Kier alpha value is -3.27. The first-order chi connectivity index (χ1) is 15.6. The molecule has 2 aromatic carbocycles. The molecule has 0 spiro atoms. The molecule has 180 valence electrons. The average Bonchev–Trinajstić information content (AvgIpc) is 2.80. The molecule has 0 fully saturated rings. The van der Waals surface area contributed by atoms with Crippen LogP contribution in [0.1, 0.15) is 19.4 Å². The third kappa shape index (κ3) is 7.11. The first-order valence-corrected chi connectivity index (χ1v) is 12.3. The number of amides is 2. The standard InChI is InChI=1S/C23H31N3O6S/c1-6-24-23(28)17(2)25(15-18-7-11-20(31-3)12-8-18)22(27)16-26(33(5,29)30)19-9-13-21(32-4)14-10-19/h7-14,17H,6,15-16H2,1-5H3,(H,24,28). The van der Waals surface area contributed by atoms with Crippen molar-refractivity contribution in [3.63, 3.8) is 0 Å². The predicted octanol–water partition coefficient (Wildman–Crippen LogP) is 2.02. The summed E-state index contributed by atoms with van der Waals surface area (Å²) in [5.41, 5.74) is 1.09. The van der Waals surface area contributed by atoms with Crippen molar-refractivity contribution in [2.24, 2.45) is 0 Å². The zero-order chi connectivity index (χ0) is 24.6. The Morgan fingerprint density at radius 3 is 1.94 bits per heavy atom. The maximum atomic E-state index is 13.4. The van der Waals surface area contributed by atoms with Crippen molar-refractivity contribution in [2.45, 2.75) is 26.4 Å². The molecule has 2 rings (SSSR count). The van der Waals surface area contributed by atoms with E-state index in [9.17, 15) is 18.0 Å². The lowest BCUT2D eigenvalue weighted by molar-refractivity contribution is -0.139. The molecule has 2 aromatic rings. The number of nitrogens with zero attached hydrogens (tertiary/aromatic N) is 2. The van der Waals surface area contributed by atoms with Gasteiger partial charge >= 0.3 is 0 Å². The molecule has 10 heteroatoms. The Morgan fingerprint density at radius 1 is 0.970 bits per heavy atom. The van der Waals surface area contributed by atoms with Crippen LogP contribution >= 0.6 is 0 Å². The summed E-state index contributed by atoms with van der Waals surface area (Å²) in [6.45, 7) is 3.49. The molecule has 0 aliphatic rings. The minimum atomic E-state index is -3.78. The Kier molecular flexibility index (Phi) is 9.10. The molecule has 0 aliphatic carbocycles. The summed E-state index contributed by atoms with van der Waals surface area (Å²) in [4.78, 5) is 27.3. The summed E-state index contributed by atoms with van der Waals surface area (Å²) in [5.74, 6) is 0.390. The highest BCUT2D eigenvalue weighted by atomic mass is 32.2. The zero-order valence-corrected chi connectivity index (χ0v) is 20.4. The van der Waals surface area contributed by atoms with Crippen molar-refractivity contribution in [3.05, 3.63) is 54.1 Å². The molecule has 33 heavy (non-hydrogen) atoms. The van der Waals surface area contributed by atoms with Crippen LogP contribution in [0.15, 0.2) is 48.5 Å². The van der Waals surface area contributed by atoms with E-state index < -0.39 is 28.5 Å². The monoisotopic (exact) mass is 477 g/mol. The van der Waals surface area contributed by atoms with Crippen LogP contribution in [0.4, 0.5) is 5.69 Å². The van der Waals surface area contributed by atoms with Crippen molar-refractivity contribution in [1.82, 2.24) is 10.2 Å². The van der Waals surface area contributed by atoms with Gasteiger partial charge in [0.2, 0.25) is 21.8 Å². The number of carbonyl (C=O) groups excluding carboxylic acids is 2. The summed E-state index contributed by atoms with van der Waals surface area (Å²) in [6, 6.07) is 12.7. The molecule has 1 N–H and O–H groups in total. The van der Waals surface area contributed by atoms with Crippen LogP contribution in [0.3, 0.4) is 0 Å². The number of nitrogens with one attached hydrogen (secondary N) is 1. The van der Waals surface area contributed by atoms with Gasteiger partial charge in [0.15, 0.2) is 0 Å². The highest BCUT2D eigenvalue weighted by molar-refractivity contribution is 7.92. The molecule has 0 bridgehead atoms. The topological polar surface area (TPSA) is 105 Å². The highest BCUT2D eigenvalue weighted by Crippen LogP contribution is 2.22. The second-order valence-electron chi connectivity index (χ2n) is 7.41. The first kappa shape index (κ1) is 26.0. The SMILES string of the molecule is CCNC(=O)C(C)N(Cc1ccc(OC)cc1)C(=O)CN(c1ccc(OC)cc1)S(C)(=O)=O. The highest BCUT2D eigenvalue weighted by Gasteiger charge is 2.29. The number of carbonyl (C=O) groups is 2. The fraction of sp³-hybridized carbons (Fsp3) is 0.391. The molecule has 1 atom stereocenters. The summed E-state index contributed by atoms with van der Waals surface area (Å²) in [5, 5.41) is 2.71. The van der Waals surface area contributed by atoms with Gasteiger partial charge in [0.25, 0.3) is 0 Å². The maximum Gasteiger partial charge on any atom is 0.244 e. The lowest BCUT2D eigenvalue weighted by Gasteiger charge is -2.31. The summed E-state index contributed by atoms with van der Waals surface area (Å²) < 4.78 is 36.3. The van der Waals surface area contributed by atoms with Gasteiger partial charge in [0, 0.05) is 13.1 Å². The van der Waals surface area contributed by atoms with E-state index >= 15 is 0 Å². The number of benzene rings is 2. The number of likely N-dealkylation sites (N-methyl/N-ethyl adjacent to an activating group) is 1. The van der Waals surface area contributed by atoms with Crippen LogP contribution in [0.5, 0.6) is 11.5 Å². The molecule has 0 saturated carbocycles. The third-order valence-electron chi connectivity index (χ3n) is 5.07. The van der Waals surface area contributed by atoms with Gasteiger partial charge in [-0.15, -0.1) is 0 Å². The molecule has 0 heterocycles. The Bertz CT molecular complexity index is 1040. The lowest BCUT2D eigenvalue weighted by Crippen LogP contribution is -2.51. The van der Waals surface area contributed by atoms with Crippen LogP contribution < -0.4 is 19.1 Å². The van der Waals surface area contributed by atoms with Crippen LogP contribution in [0.2, 0.25) is 0 Å². The molecule has 0 radical (unpaired) electrons. The molecule has 0 aliphatic heterocycles. The normalized spacial score (nSPS) is 11.9. The summed E-state index contributed by atoms with van der Waals surface area (Å²) in [6.07, 6.45) is 1.03. The van der Waals surface area contributed by atoms with Gasteiger partial charge in [-0.1, -0.05) is 12.1 Å². The van der Waals surface area contributed by atoms with Gasteiger partial charge in [0.05, 0.1) is 26.2 Å². The van der Waals surface area contributed by atoms with Gasteiger partial charge < -0.3 is 19.7 Å². The van der Waals surface area contributed by atoms with Gasteiger partial charge in [-0.05, 0) is 55.8 Å². The quantitative estimate of drug-likeness (QED) is 0.531. The van der Waals surface area contributed by atoms with E-state index in [2.05, 4.69) is 5.32 Å². The number of sulfonamides is 1. The van der Waals surface area contributed by atoms with E-state index in [1.165, 1.54) is 12.0 Å². The first-order valence-electron chi connectivity index (χ1n) is 10.4. The molecule has 0 aromatic heterocycles. The lowest BCUT2D eigenvalue weighted by atomic mass is 10.1. The van der Waals surface area contributed by atoms with Gasteiger partial charge in [0.1, 0.15) is 24.1 Å². The Labute approximate surface area is 195 Å². The van der Waals surface area contributed by atoms with Crippen molar-refractivity contribution in [3.8, 4) is 11.5 Å².